The van der Waals surface area contributed by atoms with Gasteiger partial charge in [-0.15, -0.1) is 22.7 Å². The summed E-state index contributed by atoms with van der Waals surface area (Å²) in [6.45, 7) is 0. The van der Waals surface area contributed by atoms with Crippen LogP contribution in [0.25, 0.3) is 0 Å². The van der Waals surface area contributed by atoms with Crippen LogP contribution in [0.2, 0.25) is 0 Å². The van der Waals surface area contributed by atoms with Crippen LogP contribution in [0, 0.1) is 2.88 Å². The molecule has 2 heterocycles. The van der Waals surface area contributed by atoms with Crippen LogP contribution >= 0.6 is 45.3 Å². The fraction of sp³-hybridized carbons (Fsp3) is 0.143. The molecule has 3 nitrogen and oxygen atoms in total. The molecule has 0 spiro atoms. The second kappa shape index (κ2) is 3.99. The van der Waals surface area contributed by atoms with Crippen molar-refractivity contribution in [3.63, 3.8) is 0 Å². The molecule has 2 aromatic rings. The number of halogens is 1. The third-order valence-electron chi connectivity index (χ3n) is 1.46. The number of hydrogen-bond acceptors (Lipinski definition) is 5. The summed E-state index contributed by atoms with van der Waals surface area (Å²) in [5.74, 6) is 0. The first kappa shape index (κ1) is 9.50. The van der Waals surface area contributed by atoms with E-state index in [9.17, 15) is 5.11 Å². The standard InChI is InChI=1S/C7H5IN2OS2/c8-5-1-9-7(13-5)6(11)4-2-12-3-10-4/h1-3,6,11H. The molecule has 0 saturated heterocycles. The summed E-state index contributed by atoms with van der Waals surface area (Å²) >= 11 is 5.14. The molecule has 68 valence electrons. The number of aliphatic hydroxyl groups is 1. The van der Waals surface area contributed by atoms with Crippen molar-refractivity contribution in [1.29, 1.82) is 0 Å². The van der Waals surface area contributed by atoms with Gasteiger partial charge in [-0.1, -0.05) is 0 Å². The van der Waals surface area contributed by atoms with E-state index in [4.69, 9.17) is 0 Å². The minimum absolute atomic E-state index is 0.667. The second-order valence-corrected chi connectivity index (χ2v) is 5.99. The Kier molecular flexibility index (Phi) is 2.92. The highest BCUT2D eigenvalue weighted by Crippen LogP contribution is 2.26. The molecule has 0 aliphatic carbocycles. The molecular weight excluding hydrogens is 319 g/mol. The van der Waals surface area contributed by atoms with Crippen molar-refractivity contribution in [3.05, 3.63) is 30.7 Å². The molecule has 0 aliphatic rings. The van der Waals surface area contributed by atoms with Gasteiger partial charge in [-0.05, 0) is 22.6 Å². The highest BCUT2D eigenvalue weighted by molar-refractivity contribution is 14.1. The van der Waals surface area contributed by atoms with Crippen LogP contribution in [0.4, 0.5) is 0 Å². The minimum Gasteiger partial charge on any atom is -0.379 e. The molecule has 6 heteroatoms. The lowest BCUT2D eigenvalue weighted by atomic mass is 10.3. The Balaban J connectivity index is 2.28. The molecule has 0 saturated carbocycles. The molecule has 13 heavy (non-hydrogen) atoms. The zero-order valence-corrected chi connectivity index (χ0v) is 10.1. The van der Waals surface area contributed by atoms with Crippen LogP contribution in [0.5, 0.6) is 0 Å². The lowest BCUT2D eigenvalue weighted by molar-refractivity contribution is 0.215. The Morgan fingerprint density at radius 2 is 2.31 bits per heavy atom. The van der Waals surface area contributed by atoms with E-state index in [-0.39, 0.29) is 0 Å². The summed E-state index contributed by atoms with van der Waals surface area (Å²) in [5, 5.41) is 12.3. The maximum absolute atomic E-state index is 9.78. The summed E-state index contributed by atoms with van der Waals surface area (Å²) < 4.78 is 1.07. The second-order valence-electron chi connectivity index (χ2n) is 2.32. The zero-order chi connectivity index (χ0) is 9.26. The van der Waals surface area contributed by atoms with Gasteiger partial charge < -0.3 is 5.11 Å². The molecule has 0 bridgehead atoms. The van der Waals surface area contributed by atoms with Gasteiger partial charge in [-0.3, -0.25) is 0 Å². The Morgan fingerprint density at radius 1 is 1.46 bits per heavy atom. The normalized spacial score (nSPS) is 13.1. The van der Waals surface area contributed by atoms with Crippen LogP contribution in [0.3, 0.4) is 0 Å². The van der Waals surface area contributed by atoms with Crippen molar-refractivity contribution in [2.45, 2.75) is 6.10 Å². The van der Waals surface area contributed by atoms with E-state index in [1.54, 1.807) is 11.7 Å². The van der Waals surface area contributed by atoms with E-state index < -0.39 is 6.10 Å². The molecule has 0 aliphatic heterocycles. The van der Waals surface area contributed by atoms with Gasteiger partial charge in [0, 0.05) is 5.38 Å². The largest absolute Gasteiger partial charge is 0.379 e. The first-order valence-electron chi connectivity index (χ1n) is 3.45. The van der Waals surface area contributed by atoms with Crippen molar-refractivity contribution in [2.24, 2.45) is 0 Å². The van der Waals surface area contributed by atoms with Crippen LogP contribution in [-0.4, -0.2) is 15.1 Å². The molecule has 0 radical (unpaired) electrons. The Morgan fingerprint density at radius 3 is 2.85 bits per heavy atom. The zero-order valence-electron chi connectivity index (χ0n) is 6.35. The number of thiazole rings is 2. The first-order valence-corrected chi connectivity index (χ1v) is 6.28. The predicted octanol–water partition coefficient (Wildman–Crippen LogP) is 2.29. The number of nitrogens with zero attached hydrogens (tertiary/aromatic N) is 2. The SMILES string of the molecule is OC(c1cscn1)c1ncc(I)s1. The highest BCUT2D eigenvalue weighted by Gasteiger charge is 2.15. The number of rotatable bonds is 2. The van der Waals surface area contributed by atoms with Gasteiger partial charge in [0.2, 0.25) is 0 Å². The Hall–Kier alpha value is -0.0500. The molecular formula is C7H5IN2OS2. The van der Waals surface area contributed by atoms with Crippen molar-refractivity contribution in [2.75, 3.05) is 0 Å². The molecule has 1 atom stereocenters. The van der Waals surface area contributed by atoms with E-state index >= 15 is 0 Å². The van der Waals surface area contributed by atoms with Crippen molar-refractivity contribution in [1.82, 2.24) is 9.97 Å². The van der Waals surface area contributed by atoms with Crippen molar-refractivity contribution < 1.29 is 5.11 Å². The minimum atomic E-state index is -0.667. The third kappa shape index (κ3) is 2.06. The van der Waals surface area contributed by atoms with Gasteiger partial charge in [0.05, 0.1) is 20.3 Å². The number of hydrogen-bond donors (Lipinski definition) is 1. The average Bonchev–Trinajstić information content (AvgIpc) is 2.72. The quantitative estimate of drug-likeness (QED) is 0.862. The Labute approximate surface area is 96.6 Å². The molecule has 2 rings (SSSR count). The monoisotopic (exact) mass is 324 g/mol. The fourth-order valence-corrected chi connectivity index (χ4v) is 2.91. The van der Waals surface area contributed by atoms with E-state index in [1.165, 1.54) is 22.7 Å². The van der Waals surface area contributed by atoms with Crippen LogP contribution < -0.4 is 0 Å². The molecule has 0 amide bonds. The van der Waals surface area contributed by atoms with Gasteiger partial charge in [-0.2, -0.15) is 0 Å². The maximum atomic E-state index is 9.78. The van der Waals surface area contributed by atoms with Crippen LogP contribution in [-0.2, 0) is 0 Å². The van der Waals surface area contributed by atoms with Crippen molar-refractivity contribution >= 4 is 45.3 Å². The molecule has 0 aromatic carbocycles. The van der Waals surface area contributed by atoms with Gasteiger partial charge in [0.1, 0.15) is 11.1 Å². The molecule has 1 unspecified atom stereocenters. The summed E-state index contributed by atoms with van der Waals surface area (Å²) in [6.07, 6.45) is 1.08. The third-order valence-corrected chi connectivity index (χ3v) is 3.84. The lowest BCUT2D eigenvalue weighted by Crippen LogP contribution is -1.98. The summed E-state index contributed by atoms with van der Waals surface area (Å²) in [6, 6.07) is 0. The van der Waals surface area contributed by atoms with Crippen LogP contribution in [0.1, 0.15) is 16.8 Å². The van der Waals surface area contributed by atoms with Crippen molar-refractivity contribution in [3.8, 4) is 0 Å². The first-order chi connectivity index (χ1) is 6.27. The lowest BCUT2D eigenvalue weighted by Gasteiger charge is -2.01. The van der Waals surface area contributed by atoms with Gasteiger partial charge in [0.25, 0.3) is 0 Å². The number of aliphatic hydroxyl groups excluding tert-OH is 1. The van der Waals surface area contributed by atoms with E-state index in [0.29, 0.717) is 10.7 Å². The Bertz CT molecular complexity index is 387. The van der Waals surface area contributed by atoms with Gasteiger partial charge >= 0.3 is 0 Å². The molecule has 1 N–H and O–H groups in total. The summed E-state index contributed by atoms with van der Waals surface area (Å²) in [7, 11) is 0. The van der Waals surface area contributed by atoms with E-state index in [0.717, 1.165) is 2.88 Å². The fourth-order valence-electron chi connectivity index (χ4n) is 0.877. The topological polar surface area (TPSA) is 46.0 Å². The molecule has 0 fully saturated rings. The van der Waals surface area contributed by atoms with Crippen LogP contribution in [0.15, 0.2) is 17.1 Å². The predicted molar refractivity (Wildman–Crippen MR) is 61.0 cm³/mol. The molecule has 2 aromatic heterocycles. The van der Waals surface area contributed by atoms with Gasteiger partial charge in [0.15, 0.2) is 0 Å². The highest BCUT2D eigenvalue weighted by atomic mass is 127. The number of aromatic nitrogens is 2. The summed E-state index contributed by atoms with van der Waals surface area (Å²) in [5.41, 5.74) is 2.38. The maximum Gasteiger partial charge on any atom is 0.148 e. The van der Waals surface area contributed by atoms with Gasteiger partial charge in [-0.25, -0.2) is 9.97 Å². The smallest absolute Gasteiger partial charge is 0.148 e. The van der Waals surface area contributed by atoms with E-state index in [1.807, 2.05) is 5.38 Å². The average molecular weight is 324 g/mol. The van der Waals surface area contributed by atoms with E-state index in [2.05, 4.69) is 32.6 Å². The summed E-state index contributed by atoms with van der Waals surface area (Å²) in [4.78, 5) is 8.13.